The van der Waals surface area contributed by atoms with E-state index in [0.717, 1.165) is 0 Å². The minimum absolute atomic E-state index is 0. The Kier molecular flexibility index (Phi) is 50.9. The molecule has 0 heterocycles. The van der Waals surface area contributed by atoms with Crippen LogP contribution in [-0.4, -0.2) is 71.7 Å². The predicted octanol–water partition coefficient (Wildman–Crippen LogP) is 9.00. The molecular weight excluding hydrogens is 752 g/mol. The second-order valence-electron chi connectivity index (χ2n) is 5.67. The standard InChI is InChI=1S/C24H15.9CH3.3Sn/c1-4-10-19(11-5-1)22-16-23(20-12-6-2-7-13-20)18-24(17-22)21-14-8-3-9-15-21;;;;;;;;;;;;/h4-18H;9*1H3;;;/q-3;9*-1;3*+4. The van der Waals surface area contributed by atoms with Crippen molar-refractivity contribution in [2.45, 2.75) is 0 Å². The molecule has 0 unspecified atom stereocenters. The van der Waals surface area contributed by atoms with Crippen molar-refractivity contribution in [2.75, 3.05) is 0 Å². The van der Waals surface area contributed by atoms with Gasteiger partial charge in [-0.2, -0.15) is 91.0 Å². The molecule has 0 aromatic heterocycles. The second-order valence-corrected chi connectivity index (χ2v) is 5.67. The van der Waals surface area contributed by atoms with Gasteiger partial charge in [0.25, 0.3) is 0 Å². The summed E-state index contributed by atoms with van der Waals surface area (Å²) in [4.78, 5) is 0. The minimum atomic E-state index is 0. The van der Waals surface area contributed by atoms with Gasteiger partial charge in [-0.05, 0) is 16.7 Å². The van der Waals surface area contributed by atoms with Crippen LogP contribution >= 0.6 is 0 Å². The van der Waals surface area contributed by atoms with Crippen molar-refractivity contribution in [2.24, 2.45) is 0 Å². The van der Waals surface area contributed by atoms with Crippen LogP contribution in [0.2, 0.25) is 0 Å². The van der Waals surface area contributed by atoms with Gasteiger partial charge in [-0.3, -0.25) is 0 Å². The monoisotopic (exact) mass is 798 g/mol. The van der Waals surface area contributed by atoms with E-state index < -0.39 is 0 Å². The van der Waals surface area contributed by atoms with Crippen LogP contribution in [0.4, 0.5) is 0 Å². The molecule has 0 saturated heterocycles. The molecule has 0 amide bonds. The first-order chi connectivity index (χ1) is 11.9. The molecule has 0 fully saturated rings. The molecular formula is C33H42Sn3. The first-order valence-electron chi connectivity index (χ1n) is 7.95. The van der Waals surface area contributed by atoms with Gasteiger partial charge in [-0.25, -0.2) is 0 Å². The molecule has 4 aromatic carbocycles. The number of rotatable bonds is 3. The Morgan fingerprint density at radius 1 is 0.278 bits per heavy atom. The number of hydrogen-bond acceptors (Lipinski definition) is 0. The Hall–Kier alpha value is -0.724. The van der Waals surface area contributed by atoms with Crippen LogP contribution in [-0.2, 0) is 0 Å². The summed E-state index contributed by atoms with van der Waals surface area (Å²) < 4.78 is 0. The maximum absolute atomic E-state index is 3.09. The third kappa shape index (κ3) is 15.5. The smallest absolute Gasteiger partial charge is 0.358 e. The van der Waals surface area contributed by atoms with Gasteiger partial charge in [0.05, 0.1) is 0 Å². The van der Waals surface area contributed by atoms with E-state index in [-0.39, 0.29) is 139 Å². The van der Waals surface area contributed by atoms with Crippen LogP contribution in [0.1, 0.15) is 0 Å². The van der Waals surface area contributed by atoms with Gasteiger partial charge in [-0.15, -0.1) is 16.7 Å². The molecule has 0 aliphatic rings. The summed E-state index contributed by atoms with van der Waals surface area (Å²) in [6, 6.07) is 40.3. The third-order valence-electron chi connectivity index (χ3n) is 4.09. The van der Waals surface area contributed by atoms with Crippen LogP contribution < -0.4 is 0 Å². The largest absolute Gasteiger partial charge is 4.00 e. The maximum atomic E-state index is 3.09. The molecule has 186 valence electrons. The summed E-state index contributed by atoms with van der Waals surface area (Å²) in [5.41, 5.74) is 7.21. The van der Waals surface area contributed by atoms with Crippen molar-refractivity contribution in [3.05, 3.63) is 176 Å². The van der Waals surface area contributed by atoms with Crippen molar-refractivity contribution < 1.29 is 0 Å². The van der Waals surface area contributed by atoms with Gasteiger partial charge >= 0.3 is 71.7 Å². The van der Waals surface area contributed by atoms with Crippen LogP contribution in [0.25, 0.3) is 33.4 Å². The van der Waals surface area contributed by atoms with E-state index in [9.17, 15) is 0 Å². The van der Waals surface area contributed by atoms with Crippen molar-refractivity contribution in [3.8, 4) is 33.4 Å². The second kappa shape index (κ2) is 30.5. The number of benzene rings is 4. The molecule has 0 atom stereocenters. The Morgan fingerprint density at radius 3 is 0.611 bits per heavy atom. The van der Waals surface area contributed by atoms with E-state index in [1.54, 1.807) is 0 Å². The van der Waals surface area contributed by atoms with Crippen LogP contribution in [0.15, 0.2) is 91.0 Å². The Labute approximate surface area is 278 Å². The molecule has 0 N–H and O–H groups in total. The topological polar surface area (TPSA) is 0 Å². The molecule has 0 aliphatic carbocycles. The van der Waals surface area contributed by atoms with E-state index >= 15 is 0 Å². The Morgan fingerprint density at radius 2 is 0.444 bits per heavy atom. The van der Waals surface area contributed by atoms with E-state index in [1.807, 2.05) is 36.4 Å². The molecule has 0 spiro atoms. The van der Waals surface area contributed by atoms with Gasteiger partial charge in [0.2, 0.25) is 0 Å². The summed E-state index contributed by atoms with van der Waals surface area (Å²) >= 11 is 0. The van der Waals surface area contributed by atoms with Crippen molar-refractivity contribution in [3.63, 3.8) is 0 Å². The van der Waals surface area contributed by atoms with Crippen molar-refractivity contribution in [1.29, 1.82) is 0 Å². The molecule has 4 rings (SSSR count). The zero-order valence-electron chi connectivity index (χ0n) is 23.7. The molecule has 3 heteroatoms. The predicted molar refractivity (Wildman–Crippen MR) is 174 cm³/mol. The van der Waals surface area contributed by atoms with Gasteiger partial charge in [0.1, 0.15) is 0 Å². The first-order valence-corrected chi connectivity index (χ1v) is 7.95. The fourth-order valence-corrected chi connectivity index (χ4v) is 2.87. The molecule has 0 radical (unpaired) electrons. The molecule has 0 bridgehead atoms. The first kappa shape index (κ1) is 60.0. The van der Waals surface area contributed by atoms with Crippen LogP contribution in [0.5, 0.6) is 0 Å². The third-order valence-corrected chi connectivity index (χ3v) is 4.09. The Bertz CT molecular complexity index is 799. The van der Waals surface area contributed by atoms with E-state index in [1.165, 1.54) is 33.4 Å². The summed E-state index contributed by atoms with van der Waals surface area (Å²) in [6.07, 6.45) is 0. The zero-order chi connectivity index (χ0) is 16.2. The summed E-state index contributed by atoms with van der Waals surface area (Å²) in [6.45, 7) is 0. The van der Waals surface area contributed by atoms with Gasteiger partial charge in [0.15, 0.2) is 0 Å². The van der Waals surface area contributed by atoms with Gasteiger partial charge < -0.3 is 66.8 Å². The van der Waals surface area contributed by atoms with E-state index in [2.05, 4.69) is 72.8 Å². The van der Waals surface area contributed by atoms with Crippen molar-refractivity contribution in [1.82, 2.24) is 0 Å². The van der Waals surface area contributed by atoms with E-state index in [4.69, 9.17) is 0 Å². The minimum Gasteiger partial charge on any atom is -0.358 e. The summed E-state index contributed by atoms with van der Waals surface area (Å²) in [7, 11) is 0. The molecule has 0 saturated carbocycles. The van der Waals surface area contributed by atoms with Gasteiger partial charge in [0, 0.05) is 0 Å². The zero-order valence-corrected chi connectivity index (χ0v) is 32.2. The average molecular weight is 795 g/mol. The summed E-state index contributed by atoms with van der Waals surface area (Å²) in [5, 5.41) is 0. The SMILES string of the molecule is [CH3-].[CH3-].[CH3-].[CH3-].[CH3-].[CH3-].[CH3-].[CH3-].[CH3-].[Sn+4].[Sn+4].[Sn+4].[c-]1ccc(-c2cc(-c3cc[c-]cc3)cc(-c3cc[c-]cc3)c2)cc1. The van der Waals surface area contributed by atoms with Crippen molar-refractivity contribution >= 4 is 71.7 Å². The van der Waals surface area contributed by atoms with E-state index in [0.29, 0.717) is 0 Å². The number of hydrogen-bond donors (Lipinski definition) is 0. The van der Waals surface area contributed by atoms with Gasteiger partial charge in [-0.1, -0.05) is 18.2 Å². The normalized spacial score (nSPS) is 7.00. The maximum Gasteiger partial charge on any atom is 4.00 e. The molecule has 4 aromatic rings. The molecule has 36 heavy (non-hydrogen) atoms. The summed E-state index contributed by atoms with van der Waals surface area (Å²) in [5.74, 6) is 0. The van der Waals surface area contributed by atoms with Crippen LogP contribution in [0.3, 0.4) is 0 Å². The van der Waals surface area contributed by atoms with Crippen LogP contribution in [0, 0.1) is 85.0 Å². The molecule has 0 aliphatic heterocycles. The molecule has 0 nitrogen and oxygen atoms in total. The fraction of sp³-hybridized carbons (Fsp3) is 0. The Balaban J connectivity index is -0.0000000868. The fourth-order valence-electron chi connectivity index (χ4n) is 2.87. The average Bonchev–Trinajstić information content (AvgIpc) is 2.70. The quantitative estimate of drug-likeness (QED) is 0.144.